The minimum Gasteiger partial charge on any atom is -0.497 e. The zero-order valence-corrected chi connectivity index (χ0v) is 20.5. The summed E-state index contributed by atoms with van der Waals surface area (Å²) >= 11 is 0. The summed E-state index contributed by atoms with van der Waals surface area (Å²) in [7, 11) is 3.18. The van der Waals surface area contributed by atoms with Crippen LogP contribution in [0.15, 0.2) is 30.3 Å². The van der Waals surface area contributed by atoms with Crippen molar-refractivity contribution in [2.75, 3.05) is 14.2 Å². The number of methoxy groups -OCH3 is 2. The molecule has 0 bridgehead atoms. The Morgan fingerprint density at radius 1 is 0.806 bits per heavy atom. The number of rotatable bonds is 6. The number of esters is 1. The second-order valence-corrected chi connectivity index (χ2v) is 9.97. The van der Waals surface area contributed by atoms with Gasteiger partial charge in [-0.15, -0.1) is 0 Å². The van der Waals surface area contributed by atoms with E-state index in [1.807, 2.05) is 26.0 Å². The van der Waals surface area contributed by atoms with Crippen LogP contribution in [0.1, 0.15) is 76.9 Å². The van der Waals surface area contributed by atoms with Gasteiger partial charge in [0.25, 0.3) is 0 Å². The molecule has 0 saturated heterocycles. The highest BCUT2D eigenvalue weighted by Crippen LogP contribution is 2.43. The van der Waals surface area contributed by atoms with E-state index in [0.29, 0.717) is 22.8 Å². The zero-order valence-electron chi connectivity index (χ0n) is 20.5. The quantitative estimate of drug-likeness (QED) is 0.399. The Bertz CT molecular complexity index is 895. The molecule has 0 aliphatic heterocycles. The average molecular weight is 429 g/mol. The Balaban J connectivity index is 2.63. The second kappa shape index (κ2) is 9.21. The molecule has 0 aliphatic carbocycles. The minimum absolute atomic E-state index is 0.0150. The van der Waals surface area contributed by atoms with Gasteiger partial charge in [-0.05, 0) is 55.0 Å². The molecule has 5 nitrogen and oxygen atoms in total. The van der Waals surface area contributed by atoms with Gasteiger partial charge in [0.15, 0.2) is 0 Å². The summed E-state index contributed by atoms with van der Waals surface area (Å²) in [5.74, 6) is 1.82. The molecule has 0 aliphatic rings. The van der Waals surface area contributed by atoms with Crippen LogP contribution < -0.4 is 18.9 Å². The lowest BCUT2D eigenvalue weighted by Gasteiger charge is -2.30. The molecular weight excluding hydrogens is 392 g/mol. The van der Waals surface area contributed by atoms with Gasteiger partial charge in [-0.1, -0.05) is 41.5 Å². The average Bonchev–Trinajstić information content (AvgIpc) is 2.65. The Morgan fingerprint density at radius 3 is 1.77 bits per heavy atom. The molecule has 0 radical (unpaired) electrons. The third-order valence-corrected chi connectivity index (χ3v) is 4.87. The van der Waals surface area contributed by atoms with E-state index in [9.17, 15) is 4.79 Å². The first-order valence-corrected chi connectivity index (χ1v) is 10.6. The summed E-state index contributed by atoms with van der Waals surface area (Å²) in [5, 5.41) is 0. The Labute approximate surface area is 186 Å². The number of ether oxygens (including phenoxy) is 4. The van der Waals surface area contributed by atoms with Gasteiger partial charge in [0.1, 0.15) is 28.6 Å². The smallest absolute Gasteiger partial charge is 0.347 e. The van der Waals surface area contributed by atoms with E-state index < -0.39 is 5.97 Å². The van der Waals surface area contributed by atoms with Gasteiger partial charge >= 0.3 is 5.97 Å². The van der Waals surface area contributed by atoms with Crippen LogP contribution >= 0.6 is 0 Å². The topological polar surface area (TPSA) is 54.0 Å². The molecule has 2 aromatic rings. The highest BCUT2D eigenvalue weighted by Gasteiger charge is 2.30. The van der Waals surface area contributed by atoms with Crippen molar-refractivity contribution in [2.45, 2.75) is 72.3 Å². The van der Waals surface area contributed by atoms with Crippen LogP contribution in [0.2, 0.25) is 0 Å². The zero-order chi connectivity index (χ0) is 23.6. The maximum absolute atomic E-state index is 13.4. The molecule has 170 valence electrons. The molecule has 0 spiro atoms. The molecule has 5 heteroatoms. The maximum atomic E-state index is 13.4. The molecular formula is C26H36O5. The largest absolute Gasteiger partial charge is 0.497 e. The number of hydrogen-bond acceptors (Lipinski definition) is 5. The molecule has 0 heterocycles. The van der Waals surface area contributed by atoms with E-state index >= 15 is 0 Å². The lowest BCUT2D eigenvalue weighted by molar-refractivity contribution is 0.0724. The van der Waals surface area contributed by atoms with E-state index in [2.05, 4.69) is 41.5 Å². The van der Waals surface area contributed by atoms with E-state index in [-0.39, 0.29) is 16.9 Å². The van der Waals surface area contributed by atoms with Gasteiger partial charge < -0.3 is 18.9 Å². The highest BCUT2D eigenvalue weighted by molar-refractivity contribution is 5.95. The van der Waals surface area contributed by atoms with Crippen molar-refractivity contribution in [3.05, 3.63) is 47.0 Å². The SMILES string of the molecule is COc1cc(C(C)(C)C)c(OC(=O)c2cc(OC(C)C)ccc2OC)c(C(C)(C)C)c1. The Morgan fingerprint density at radius 2 is 1.35 bits per heavy atom. The summed E-state index contributed by atoms with van der Waals surface area (Å²) in [4.78, 5) is 13.4. The van der Waals surface area contributed by atoms with Crippen molar-refractivity contribution >= 4 is 5.97 Å². The fourth-order valence-electron chi connectivity index (χ4n) is 3.28. The first kappa shape index (κ1) is 24.6. The third kappa shape index (κ3) is 5.93. The normalized spacial score (nSPS) is 12.0. The lowest BCUT2D eigenvalue weighted by atomic mass is 9.79. The second-order valence-electron chi connectivity index (χ2n) is 9.97. The lowest BCUT2D eigenvalue weighted by Crippen LogP contribution is -2.22. The summed E-state index contributed by atoms with van der Waals surface area (Å²) in [5.41, 5.74) is 1.58. The molecule has 0 saturated carbocycles. The number of hydrogen-bond donors (Lipinski definition) is 0. The predicted octanol–water partition coefficient (Wildman–Crippen LogP) is 6.31. The Hall–Kier alpha value is -2.69. The molecule has 0 aromatic heterocycles. The minimum atomic E-state index is -0.493. The van der Waals surface area contributed by atoms with Crippen molar-refractivity contribution in [1.29, 1.82) is 0 Å². The fourth-order valence-corrected chi connectivity index (χ4v) is 3.28. The summed E-state index contributed by atoms with van der Waals surface area (Å²) in [6.45, 7) is 16.4. The van der Waals surface area contributed by atoms with Crippen LogP contribution in [-0.4, -0.2) is 26.3 Å². The number of carbonyl (C=O) groups is 1. The number of carbonyl (C=O) groups excluding carboxylic acids is 1. The van der Waals surface area contributed by atoms with Crippen LogP contribution in [0.5, 0.6) is 23.0 Å². The molecule has 0 atom stereocenters. The highest BCUT2D eigenvalue weighted by atomic mass is 16.5. The fraction of sp³-hybridized carbons (Fsp3) is 0.500. The van der Waals surface area contributed by atoms with Gasteiger partial charge in [-0.2, -0.15) is 0 Å². The molecule has 0 fully saturated rings. The van der Waals surface area contributed by atoms with Crippen molar-refractivity contribution in [3.63, 3.8) is 0 Å². The first-order valence-electron chi connectivity index (χ1n) is 10.6. The van der Waals surface area contributed by atoms with E-state index in [4.69, 9.17) is 18.9 Å². The van der Waals surface area contributed by atoms with Crippen LogP contribution in [0, 0.1) is 0 Å². The van der Waals surface area contributed by atoms with Crippen LogP contribution in [0.4, 0.5) is 0 Å². The maximum Gasteiger partial charge on any atom is 0.347 e. The van der Waals surface area contributed by atoms with Crippen LogP contribution in [0.25, 0.3) is 0 Å². The standard InChI is InChI=1S/C26H36O5/c1-16(2)30-17-11-12-22(29-10)19(13-17)24(27)31-23-20(25(3,4)5)14-18(28-9)15-21(23)26(6,7)8/h11-16H,1-10H3. The van der Waals surface area contributed by atoms with E-state index in [1.165, 1.54) is 7.11 Å². The van der Waals surface area contributed by atoms with Gasteiger partial charge in [0, 0.05) is 11.1 Å². The van der Waals surface area contributed by atoms with E-state index in [0.717, 1.165) is 16.9 Å². The number of benzene rings is 2. The summed E-state index contributed by atoms with van der Waals surface area (Å²) in [6, 6.07) is 9.04. The monoisotopic (exact) mass is 428 g/mol. The first-order chi connectivity index (χ1) is 14.3. The molecule has 0 N–H and O–H groups in total. The summed E-state index contributed by atoms with van der Waals surface area (Å²) in [6.07, 6.45) is -0.0150. The Kier molecular flexibility index (Phi) is 7.30. The predicted molar refractivity (Wildman–Crippen MR) is 124 cm³/mol. The van der Waals surface area contributed by atoms with Crippen LogP contribution in [-0.2, 0) is 10.8 Å². The molecule has 31 heavy (non-hydrogen) atoms. The van der Waals surface area contributed by atoms with Crippen molar-refractivity contribution in [1.82, 2.24) is 0 Å². The molecule has 0 amide bonds. The van der Waals surface area contributed by atoms with Gasteiger partial charge in [-0.3, -0.25) is 0 Å². The van der Waals surface area contributed by atoms with Gasteiger partial charge in [0.2, 0.25) is 0 Å². The van der Waals surface area contributed by atoms with Crippen molar-refractivity contribution in [2.24, 2.45) is 0 Å². The molecule has 2 aromatic carbocycles. The van der Waals surface area contributed by atoms with Gasteiger partial charge in [0.05, 0.1) is 20.3 Å². The molecule has 2 rings (SSSR count). The van der Waals surface area contributed by atoms with Crippen molar-refractivity contribution in [3.8, 4) is 23.0 Å². The molecule has 0 unspecified atom stereocenters. The van der Waals surface area contributed by atoms with E-state index in [1.54, 1.807) is 25.3 Å². The summed E-state index contributed by atoms with van der Waals surface area (Å²) < 4.78 is 22.8. The third-order valence-electron chi connectivity index (χ3n) is 4.87. The van der Waals surface area contributed by atoms with Crippen molar-refractivity contribution < 1.29 is 23.7 Å². The van der Waals surface area contributed by atoms with Gasteiger partial charge in [-0.25, -0.2) is 4.79 Å². The van der Waals surface area contributed by atoms with Crippen LogP contribution in [0.3, 0.4) is 0 Å².